The number of methoxy groups -OCH3 is 1. The van der Waals surface area contributed by atoms with Crippen LogP contribution in [0.4, 0.5) is 0 Å². The predicted molar refractivity (Wildman–Crippen MR) is 78.7 cm³/mol. The lowest BCUT2D eigenvalue weighted by Crippen LogP contribution is -1.97. The van der Waals surface area contributed by atoms with Gasteiger partial charge in [0.05, 0.1) is 23.2 Å². The van der Waals surface area contributed by atoms with Gasteiger partial charge in [0.25, 0.3) is 0 Å². The topological polar surface area (TPSA) is 64.4 Å². The van der Waals surface area contributed by atoms with Crippen molar-refractivity contribution < 1.29 is 14.6 Å². The first kappa shape index (κ1) is 13.3. The third-order valence-corrected chi connectivity index (χ3v) is 3.29. The van der Waals surface area contributed by atoms with Gasteiger partial charge in [0.1, 0.15) is 6.33 Å². The van der Waals surface area contributed by atoms with Crippen molar-refractivity contribution in [3.05, 3.63) is 59.9 Å². The van der Waals surface area contributed by atoms with E-state index in [1.54, 1.807) is 31.6 Å². The molecule has 0 fully saturated rings. The molecule has 5 heteroatoms. The molecule has 1 aromatic heterocycles. The number of aromatic nitrogens is 2. The van der Waals surface area contributed by atoms with Gasteiger partial charge in [0.2, 0.25) is 0 Å². The van der Waals surface area contributed by atoms with E-state index in [0.29, 0.717) is 12.1 Å². The molecule has 0 spiro atoms. The summed E-state index contributed by atoms with van der Waals surface area (Å²) in [4.78, 5) is 15.3. The molecule has 0 amide bonds. The lowest BCUT2D eigenvalue weighted by atomic mass is 10.2. The lowest BCUT2D eigenvalue weighted by molar-refractivity contribution is 0.0697. The van der Waals surface area contributed by atoms with Crippen molar-refractivity contribution in [2.24, 2.45) is 0 Å². The first-order valence-corrected chi connectivity index (χ1v) is 6.47. The largest absolute Gasteiger partial charge is 0.478 e. The predicted octanol–water partition coefficient (Wildman–Crippen LogP) is 2.87. The van der Waals surface area contributed by atoms with Gasteiger partial charge >= 0.3 is 5.97 Å². The molecule has 0 aliphatic carbocycles. The van der Waals surface area contributed by atoms with E-state index in [1.807, 2.05) is 28.8 Å². The fraction of sp³-hybridized carbons (Fsp3) is 0.125. The number of carboxylic acid groups (broad SMARTS) is 1. The second-order valence-corrected chi connectivity index (χ2v) is 4.73. The summed E-state index contributed by atoms with van der Waals surface area (Å²) in [6.45, 7) is 0.545. The van der Waals surface area contributed by atoms with Crippen molar-refractivity contribution in [1.29, 1.82) is 0 Å². The molecule has 0 saturated heterocycles. The van der Waals surface area contributed by atoms with Gasteiger partial charge in [-0.25, -0.2) is 9.78 Å². The Morgan fingerprint density at radius 1 is 1.29 bits per heavy atom. The minimum Gasteiger partial charge on any atom is -0.478 e. The average Bonchev–Trinajstić information content (AvgIpc) is 2.90. The summed E-state index contributed by atoms with van der Waals surface area (Å²) >= 11 is 0. The highest BCUT2D eigenvalue weighted by Gasteiger charge is 2.09. The summed E-state index contributed by atoms with van der Waals surface area (Å²) in [6.07, 6.45) is 1.70. The van der Waals surface area contributed by atoms with Crippen molar-refractivity contribution in [2.75, 3.05) is 7.11 Å². The number of hydrogen-bond donors (Lipinski definition) is 1. The van der Waals surface area contributed by atoms with Gasteiger partial charge in [-0.1, -0.05) is 12.1 Å². The number of imidazole rings is 1. The van der Waals surface area contributed by atoms with Gasteiger partial charge in [-0.3, -0.25) is 4.57 Å². The number of hydrogen-bond acceptors (Lipinski definition) is 3. The number of ether oxygens (including phenoxy) is 1. The Morgan fingerprint density at radius 3 is 2.90 bits per heavy atom. The smallest absolute Gasteiger partial charge is 0.335 e. The van der Waals surface area contributed by atoms with Gasteiger partial charge in [0.15, 0.2) is 0 Å². The minimum absolute atomic E-state index is 0.237. The third kappa shape index (κ3) is 2.51. The molecule has 1 heterocycles. The van der Waals surface area contributed by atoms with E-state index in [0.717, 1.165) is 16.8 Å². The van der Waals surface area contributed by atoms with Crippen LogP contribution in [0, 0.1) is 0 Å². The fourth-order valence-corrected chi connectivity index (χ4v) is 2.31. The molecule has 0 unspecified atom stereocenters. The summed E-state index contributed by atoms with van der Waals surface area (Å²) in [7, 11) is 1.66. The van der Waals surface area contributed by atoms with Crippen LogP contribution in [0.15, 0.2) is 48.8 Å². The first-order valence-electron chi connectivity index (χ1n) is 6.47. The molecule has 21 heavy (non-hydrogen) atoms. The van der Waals surface area contributed by atoms with Crippen LogP contribution in [0.5, 0.6) is 0 Å². The number of rotatable bonds is 4. The molecule has 2 aromatic carbocycles. The van der Waals surface area contributed by atoms with E-state index >= 15 is 0 Å². The molecular formula is C16H14N2O3. The molecule has 3 aromatic rings. The Labute approximate surface area is 121 Å². The second-order valence-electron chi connectivity index (χ2n) is 4.73. The quantitative estimate of drug-likeness (QED) is 0.799. The van der Waals surface area contributed by atoms with Crippen LogP contribution in [0.2, 0.25) is 0 Å². The van der Waals surface area contributed by atoms with Crippen LogP contribution in [0.1, 0.15) is 15.9 Å². The minimum atomic E-state index is -0.950. The number of benzene rings is 2. The van der Waals surface area contributed by atoms with Crippen molar-refractivity contribution in [1.82, 2.24) is 9.55 Å². The van der Waals surface area contributed by atoms with Crippen LogP contribution >= 0.6 is 0 Å². The molecule has 106 valence electrons. The summed E-state index contributed by atoms with van der Waals surface area (Å²) in [5, 5.41) is 9.02. The lowest BCUT2D eigenvalue weighted by Gasteiger charge is -2.07. The van der Waals surface area contributed by atoms with E-state index in [9.17, 15) is 4.79 Å². The van der Waals surface area contributed by atoms with Crippen molar-refractivity contribution >= 4 is 17.0 Å². The molecule has 3 rings (SSSR count). The Balaban J connectivity index is 2.08. The van der Waals surface area contributed by atoms with Gasteiger partial charge in [0, 0.05) is 12.8 Å². The van der Waals surface area contributed by atoms with E-state index in [1.165, 1.54) is 0 Å². The van der Waals surface area contributed by atoms with E-state index in [-0.39, 0.29) is 5.56 Å². The van der Waals surface area contributed by atoms with Crippen LogP contribution in [0.25, 0.3) is 16.7 Å². The highest BCUT2D eigenvalue weighted by molar-refractivity contribution is 5.92. The van der Waals surface area contributed by atoms with Crippen LogP contribution in [-0.4, -0.2) is 27.7 Å². The number of fused-ring (bicyclic) bond motifs is 1. The Hall–Kier alpha value is -2.66. The Bertz CT molecular complexity index is 808. The maximum absolute atomic E-state index is 11.0. The van der Waals surface area contributed by atoms with Crippen LogP contribution in [-0.2, 0) is 11.3 Å². The highest BCUT2D eigenvalue weighted by Crippen LogP contribution is 2.20. The van der Waals surface area contributed by atoms with E-state index < -0.39 is 5.97 Å². The number of carboxylic acids is 1. The Morgan fingerprint density at radius 2 is 2.14 bits per heavy atom. The number of carbonyl (C=O) groups is 1. The summed E-state index contributed by atoms with van der Waals surface area (Å²) in [6, 6.07) is 12.9. The molecule has 0 aliphatic rings. The van der Waals surface area contributed by atoms with Gasteiger partial charge < -0.3 is 9.84 Å². The van der Waals surface area contributed by atoms with Gasteiger partial charge in [-0.2, -0.15) is 0 Å². The summed E-state index contributed by atoms with van der Waals surface area (Å²) in [5.74, 6) is -0.950. The zero-order valence-electron chi connectivity index (χ0n) is 11.5. The maximum atomic E-state index is 11.0. The van der Waals surface area contributed by atoms with Crippen molar-refractivity contribution in [2.45, 2.75) is 6.61 Å². The normalized spacial score (nSPS) is 10.9. The standard InChI is InChI=1S/C16H14N2O3/c1-21-9-11-3-2-4-13(7-11)18-10-17-14-8-12(16(19)20)5-6-15(14)18/h2-8,10H,9H2,1H3,(H,19,20). The van der Waals surface area contributed by atoms with Crippen molar-refractivity contribution in [3.63, 3.8) is 0 Å². The van der Waals surface area contributed by atoms with E-state index in [4.69, 9.17) is 9.84 Å². The molecular weight excluding hydrogens is 268 g/mol. The third-order valence-electron chi connectivity index (χ3n) is 3.29. The molecule has 0 atom stereocenters. The second kappa shape index (κ2) is 5.38. The van der Waals surface area contributed by atoms with Crippen LogP contribution < -0.4 is 0 Å². The van der Waals surface area contributed by atoms with E-state index in [2.05, 4.69) is 4.98 Å². The summed E-state index contributed by atoms with van der Waals surface area (Å²) in [5.41, 5.74) is 3.80. The zero-order valence-corrected chi connectivity index (χ0v) is 11.5. The number of aromatic carboxylic acids is 1. The zero-order chi connectivity index (χ0) is 14.8. The summed E-state index contributed by atoms with van der Waals surface area (Å²) < 4.78 is 7.07. The molecule has 0 bridgehead atoms. The Kier molecular flexibility index (Phi) is 3.41. The van der Waals surface area contributed by atoms with Gasteiger partial charge in [-0.15, -0.1) is 0 Å². The fourth-order valence-electron chi connectivity index (χ4n) is 2.31. The average molecular weight is 282 g/mol. The molecule has 0 radical (unpaired) electrons. The monoisotopic (exact) mass is 282 g/mol. The van der Waals surface area contributed by atoms with Crippen LogP contribution in [0.3, 0.4) is 0 Å². The number of nitrogens with zero attached hydrogens (tertiary/aromatic N) is 2. The maximum Gasteiger partial charge on any atom is 0.335 e. The SMILES string of the molecule is COCc1cccc(-n2cnc3cc(C(=O)O)ccc32)c1. The van der Waals surface area contributed by atoms with Crippen molar-refractivity contribution in [3.8, 4) is 5.69 Å². The molecule has 5 nitrogen and oxygen atoms in total. The van der Waals surface area contributed by atoms with Gasteiger partial charge in [-0.05, 0) is 35.9 Å². The molecule has 1 N–H and O–H groups in total. The highest BCUT2D eigenvalue weighted by atomic mass is 16.5. The molecule has 0 aliphatic heterocycles. The first-order chi connectivity index (χ1) is 10.2. The molecule has 0 saturated carbocycles.